The van der Waals surface area contributed by atoms with Crippen molar-refractivity contribution < 1.29 is 9.53 Å². The van der Waals surface area contributed by atoms with Crippen molar-refractivity contribution in [2.45, 2.75) is 26.4 Å². The third-order valence-corrected chi connectivity index (χ3v) is 5.34. The molecule has 0 aliphatic carbocycles. The fourth-order valence-electron chi connectivity index (χ4n) is 3.39. The van der Waals surface area contributed by atoms with Gasteiger partial charge in [0.25, 0.3) is 0 Å². The van der Waals surface area contributed by atoms with E-state index in [-0.39, 0.29) is 11.9 Å². The molecule has 1 atom stereocenters. The van der Waals surface area contributed by atoms with Crippen LogP contribution in [-0.2, 0) is 11.3 Å². The highest BCUT2D eigenvalue weighted by Crippen LogP contribution is 2.10. The molecule has 5 heteroatoms. The fraction of sp³-hybridized carbons (Fsp3) is 0.435. The van der Waals surface area contributed by atoms with Gasteiger partial charge in [-0.25, -0.2) is 0 Å². The molecule has 1 saturated heterocycles. The smallest absolute Gasteiger partial charge is 0.237 e. The Morgan fingerprint density at radius 1 is 1.04 bits per heavy atom. The lowest BCUT2D eigenvalue weighted by Crippen LogP contribution is -2.54. The van der Waals surface area contributed by atoms with Crippen LogP contribution in [0.15, 0.2) is 54.6 Å². The summed E-state index contributed by atoms with van der Waals surface area (Å²) in [6.45, 7) is 10.0. The minimum absolute atomic E-state index is 0.0986. The zero-order valence-corrected chi connectivity index (χ0v) is 16.9. The predicted octanol–water partition coefficient (Wildman–Crippen LogP) is 2.70. The van der Waals surface area contributed by atoms with Gasteiger partial charge < -0.3 is 10.1 Å². The highest BCUT2D eigenvalue weighted by Gasteiger charge is 2.25. The third kappa shape index (κ3) is 6.08. The standard InChI is InChI=1S/C23H31N3O2/c1-19-8-10-21(11-9-19)18-24-23(27)20(2)26-14-12-25(13-15-26)16-17-28-22-6-4-3-5-7-22/h3-11,20H,12-18H2,1-2H3,(H,24,27). The Balaban J connectivity index is 1.35. The summed E-state index contributed by atoms with van der Waals surface area (Å²) < 4.78 is 5.78. The summed E-state index contributed by atoms with van der Waals surface area (Å²) in [6.07, 6.45) is 0. The number of nitrogens with zero attached hydrogens (tertiary/aromatic N) is 2. The molecule has 28 heavy (non-hydrogen) atoms. The highest BCUT2D eigenvalue weighted by molar-refractivity contribution is 5.81. The van der Waals surface area contributed by atoms with Gasteiger partial charge in [-0.2, -0.15) is 0 Å². The number of rotatable bonds is 8. The number of hydrogen-bond donors (Lipinski definition) is 1. The average Bonchev–Trinajstić information content (AvgIpc) is 2.74. The second kappa shape index (κ2) is 10.2. The summed E-state index contributed by atoms with van der Waals surface area (Å²) in [7, 11) is 0. The lowest BCUT2D eigenvalue weighted by Gasteiger charge is -2.37. The van der Waals surface area contributed by atoms with E-state index in [9.17, 15) is 4.79 Å². The Morgan fingerprint density at radius 2 is 1.71 bits per heavy atom. The van der Waals surface area contributed by atoms with Crippen LogP contribution in [0.5, 0.6) is 5.75 Å². The molecule has 1 aliphatic rings. The van der Waals surface area contributed by atoms with E-state index >= 15 is 0 Å². The second-order valence-corrected chi connectivity index (χ2v) is 7.42. The highest BCUT2D eigenvalue weighted by atomic mass is 16.5. The number of carbonyl (C=O) groups excluding carboxylic acids is 1. The number of para-hydroxylation sites is 1. The molecule has 2 aromatic rings. The van der Waals surface area contributed by atoms with Gasteiger partial charge in [0.1, 0.15) is 12.4 Å². The SMILES string of the molecule is Cc1ccc(CNC(=O)C(C)N2CCN(CCOc3ccccc3)CC2)cc1. The Bertz CT molecular complexity index is 725. The molecule has 1 amide bonds. The van der Waals surface area contributed by atoms with Crippen LogP contribution in [0.1, 0.15) is 18.1 Å². The average molecular weight is 382 g/mol. The molecule has 2 aromatic carbocycles. The van der Waals surface area contributed by atoms with Crippen molar-refractivity contribution in [2.75, 3.05) is 39.3 Å². The van der Waals surface area contributed by atoms with E-state index in [0.29, 0.717) is 13.2 Å². The number of aryl methyl sites for hydroxylation is 1. The van der Waals surface area contributed by atoms with E-state index in [0.717, 1.165) is 44.0 Å². The summed E-state index contributed by atoms with van der Waals surface area (Å²) in [5.74, 6) is 1.02. The number of piperazine rings is 1. The first-order valence-corrected chi connectivity index (χ1v) is 10.1. The van der Waals surface area contributed by atoms with Crippen molar-refractivity contribution in [3.63, 3.8) is 0 Å². The number of ether oxygens (including phenoxy) is 1. The summed E-state index contributed by atoms with van der Waals surface area (Å²) >= 11 is 0. The van der Waals surface area contributed by atoms with Crippen molar-refractivity contribution in [2.24, 2.45) is 0 Å². The van der Waals surface area contributed by atoms with E-state index in [1.54, 1.807) is 0 Å². The van der Waals surface area contributed by atoms with Gasteiger partial charge >= 0.3 is 0 Å². The number of amides is 1. The lowest BCUT2D eigenvalue weighted by atomic mass is 10.1. The second-order valence-electron chi connectivity index (χ2n) is 7.42. The van der Waals surface area contributed by atoms with Crippen LogP contribution in [0.3, 0.4) is 0 Å². The summed E-state index contributed by atoms with van der Waals surface area (Å²) in [5.41, 5.74) is 2.37. The van der Waals surface area contributed by atoms with Crippen molar-refractivity contribution in [3.8, 4) is 5.75 Å². The Morgan fingerprint density at radius 3 is 2.39 bits per heavy atom. The lowest BCUT2D eigenvalue weighted by molar-refractivity contribution is -0.126. The van der Waals surface area contributed by atoms with Crippen LogP contribution in [0.25, 0.3) is 0 Å². The molecule has 3 rings (SSSR count). The van der Waals surface area contributed by atoms with Crippen LogP contribution in [-0.4, -0.2) is 61.1 Å². The summed E-state index contributed by atoms with van der Waals surface area (Å²) in [5, 5.41) is 3.06. The molecule has 0 bridgehead atoms. The summed E-state index contributed by atoms with van der Waals surface area (Å²) in [6, 6.07) is 18.1. The molecule has 1 unspecified atom stereocenters. The fourth-order valence-corrected chi connectivity index (χ4v) is 3.39. The van der Waals surface area contributed by atoms with Crippen LogP contribution >= 0.6 is 0 Å². The van der Waals surface area contributed by atoms with Crippen LogP contribution in [0, 0.1) is 6.92 Å². The van der Waals surface area contributed by atoms with Crippen molar-refractivity contribution in [1.82, 2.24) is 15.1 Å². The van der Waals surface area contributed by atoms with Gasteiger partial charge in [0, 0.05) is 39.3 Å². The van der Waals surface area contributed by atoms with E-state index in [1.165, 1.54) is 5.56 Å². The minimum atomic E-state index is -0.104. The molecule has 0 saturated carbocycles. The van der Waals surface area contributed by atoms with Crippen molar-refractivity contribution >= 4 is 5.91 Å². The normalized spacial score (nSPS) is 16.5. The molecule has 5 nitrogen and oxygen atoms in total. The van der Waals surface area contributed by atoms with E-state index in [4.69, 9.17) is 4.74 Å². The maximum atomic E-state index is 12.5. The Kier molecular flexibility index (Phi) is 7.46. The molecule has 1 heterocycles. The largest absolute Gasteiger partial charge is 0.492 e. The van der Waals surface area contributed by atoms with E-state index in [1.807, 2.05) is 37.3 Å². The van der Waals surface area contributed by atoms with Crippen molar-refractivity contribution in [3.05, 3.63) is 65.7 Å². The van der Waals surface area contributed by atoms with Crippen LogP contribution in [0.2, 0.25) is 0 Å². The monoisotopic (exact) mass is 381 g/mol. The molecular formula is C23H31N3O2. The first-order chi connectivity index (χ1) is 13.6. The number of carbonyl (C=O) groups is 1. The predicted molar refractivity (Wildman–Crippen MR) is 112 cm³/mol. The Hall–Kier alpha value is -2.37. The van der Waals surface area contributed by atoms with Gasteiger partial charge in [-0.15, -0.1) is 0 Å². The molecular weight excluding hydrogens is 350 g/mol. The Labute approximate surface area is 168 Å². The van der Waals surface area contributed by atoms with Gasteiger partial charge in [-0.1, -0.05) is 48.0 Å². The minimum Gasteiger partial charge on any atom is -0.492 e. The van der Waals surface area contributed by atoms with Crippen LogP contribution in [0.4, 0.5) is 0 Å². The zero-order chi connectivity index (χ0) is 19.8. The van der Waals surface area contributed by atoms with E-state index < -0.39 is 0 Å². The van der Waals surface area contributed by atoms with Crippen LogP contribution < -0.4 is 10.1 Å². The van der Waals surface area contributed by atoms with Gasteiger partial charge in [0.05, 0.1) is 6.04 Å². The van der Waals surface area contributed by atoms with Gasteiger partial charge in [-0.3, -0.25) is 14.6 Å². The maximum absolute atomic E-state index is 12.5. The maximum Gasteiger partial charge on any atom is 0.237 e. The quantitative estimate of drug-likeness (QED) is 0.764. The molecule has 1 N–H and O–H groups in total. The summed E-state index contributed by atoms with van der Waals surface area (Å²) in [4.78, 5) is 17.2. The first-order valence-electron chi connectivity index (χ1n) is 10.1. The van der Waals surface area contributed by atoms with Gasteiger partial charge in [0.2, 0.25) is 5.91 Å². The topological polar surface area (TPSA) is 44.8 Å². The molecule has 0 spiro atoms. The molecule has 150 valence electrons. The number of benzene rings is 2. The third-order valence-electron chi connectivity index (χ3n) is 5.34. The van der Waals surface area contributed by atoms with E-state index in [2.05, 4.69) is 46.3 Å². The number of nitrogens with one attached hydrogen (secondary N) is 1. The van der Waals surface area contributed by atoms with Gasteiger partial charge in [-0.05, 0) is 31.5 Å². The number of hydrogen-bond acceptors (Lipinski definition) is 4. The first kappa shape index (κ1) is 20.4. The van der Waals surface area contributed by atoms with Gasteiger partial charge in [0.15, 0.2) is 0 Å². The zero-order valence-electron chi connectivity index (χ0n) is 16.9. The van der Waals surface area contributed by atoms with Crippen molar-refractivity contribution in [1.29, 1.82) is 0 Å². The molecule has 0 aromatic heterocycles. The molecule has 1 fully saturated rings. The molecule has 1 aliphatic heterocycles. The molecule has 0 radical (unpaired) electrons.